The number of carbonyl (C=O) groups excluding carboxylic acids is 1. The summed E-state index contributed by atoms with van der Waals surface area (Å²) in [5.74, 6) is 0.336. The van der Waals surface area contributed by atoms with Crippen LogP contribution in [0.3, 0.4) is 0 Å². The van der Waals surface area contributed by atoms with Gasteiger partial charge in [-0.2, -0.15) is 4.72 Å². The molecule has 0 aromatic heterocycles. The van der Waals surface area contributed by atoms with E-state index in [4.69, 9.17) is 9.47 Å². The molecule has 1 aliphatic rings. The highest BCUT2D eigenvalue weighted by molar-refractivity contribution is 7.99. The molecule has 0 aliphatic carbocycles. The summed E-state index contributed by atoms with van der Waals surface area (Å²) < 4.78 is 42.1. The molecule has 264 valence electrons. The molecule has 0 saturated carbocycles. The Morgan fingerprint density at radius 3 is 2.08 bits per heavy atom. The highest BCUT2D eigenvalue weighted by atomic mass is 32.2. The molecule has 1 amide bonds. The van der Waals surface area contributed by atoms with E-state index in [0.29, 0.717) is 6.42 Å². The lowest BCUT2D eigenvalue weighted by Crippen LogP contribution is -2.47. The van der Waals surface area contributed by atoms with Gasteiger partial charge >= 0.3 is 0 Å². The van der Waals surface area contributed by atoms with Gasteiger partial charge in [-0.05, 0) is 59.9 Å². The van der Waals surface area contributed by atoms with Gasteiger partial charge in [0.05, 0.1) is 23.7 Å². The number of amides is 1. The van der Waals surface area contributed by atoms with Crippen molar-refractivity contribution in [3.63, 3.8) is 0 Å². The molecule has 0 spiro atoms. The van der Waals surface area contributed by atoms with Gasteiger partial charge in [-0.15, -0.1) is 11.8 Å². The maximum absolute atomic E-state index is 13.5. The molecule has 1 saturated heterocycles. The zero-order chi connectivity index (χ0) is 35.6. The molecule has 6 rings (SSSR count). The number of benzene rings is 5. The first kappa shape index (κ1) is 36.5. The minimum absolute atomic E-state index is 0.0165. The third-order valence-corrected chi connectivity index (χ3v) is 11.4. The number of thioether (sulfide) groups is 1. The van der Waals surface area contributed by atoms with E-state index >= 15 is 0 Å². The molecule has 5 aromatic rings. The third kappa shape index (κ3) is 10.2. The lowest BCUT2D eigenvalue weighted by molar-refractivity contribution is -0.245. The van der Waals surface area contributed by atoms with E-state index < -0.39 is 28.3 Å². The van der Waals surface area contributed by atoms with Crippen LogP contribution in [-0.4, -0.2) is 37.3 Å². The van der Waals surface area contributed by atoms with Crippen molar-refractivity contribution in [1.29, 1.82) is 0 Å². The smallest absolute Gasteiger partial charge is 0.241 e. The molecule has 5 aromatic carbocycles. The zero-order valence-electron chi connectivity index (χ0n) is 28.4. The predicted octanol–water partition coefficient (Wildman–Crippen LogP) is 7.03. The Morgan fingerprint density at radius 1 is 0.784 bits per heavy atom. The predicted molar refractivity (Wildman–Crippen MR) is 199 cm³/mol. The number of carbonyl (C=O) groups is 1. The van der Waals surface area contributed by atoms with E-state index in [-0.39, 0.29) is 36.7 Å². The van der Waals surface area contributed by atoms with Gasteiger partial charge in [-0.25, -0.2) is 8.42 Å². The van der Waals surface area contributed by atoms with Crippen molar-refractivity contribution in [2.45, 2.75) is 67.2 Å². The van der Waals surface area contributed by atoms with E-state index in [1.165, 1.54) is 17.0 Å². The van der Waals surface area contributed by atoms with Crippen molar-refractivity contribution < 1.29 is 27.8 Å². The summed E-state index contributed by atoms with van der Waals surface area (Å²) in [6, 6.07) is 40.6. The van der Waals surface area contributed by atoms with Gasteiger partial charge in [-0.1, -0.05) is 115 Å². The van der Waals surface area contributed by atoms with Crippen LogP contribution < -0.4 is 10.0 Å². The number of ether oxygens (including phenoxy) is 2. The van der Waals surface area contributed by atoms with Crippen molar-refractivity contribution in [2.75, 3.05) is 5.75 Å². The number of rotatable bonds is 14. The number of aliphatic hydroxyl groups is 1. The second-order valence-electron chi connectivity index (χ2n) is 12.6. The first-order valence-electron chi connectivity index (χ1n) is 16.9. The maximum atomic E-state index is 13.5. The first-order valence-corrected chi connectivity index (χ1v) is 19.4. The van der Waals surface area contributed by atoms with Gasteiger partial charge in [0.2, 0.25) is 15.9 Å². The van der Waals surface area contributed by atoms with E-state index in [1.807, 2.05) is 104 Å². The van der Waals surface area contributed by atoms with Crippen LogP contribution in [0.2, 0.25) is 0 Å². The number of hydrogen-bond acceptors (Lipinski definition) is 7. The summed E-state index contributed by atoms with van der Waals surface area (Å²) in [5.41, 5.74) is 5.34. The van der Waals surface area contributed by atoms with Crippen LogP contribution in [0.5, 0.6) is 0 Å². The fraction of sp³-hybridized carbons (Fsp3) is 0.244. The number of sulfonamides is 1. The van der Waals surface area contributed by atoms with Gasteiger partial charge < -0.3 is 19.9 Å². The molecular weight excluding hydrogens is 681 g/mol. The van der Waals surface area contributed by atoms with Crippen LogP contribution >= 0.6 is 11.8 Å². The summed E-state index contributed by atoms with van der Waals surface area (Å²) in [6.07, 6.45) is 0.0256. The standard InChI is InChI=1S/C41H42N2O6S2/c1-29-12-22-37(23-13-29)51(46,47)43-38(24-30-8-4-2-5-9-30)40(45)42-26-31-14-20-34(21-15-31)41-48-35(28-50-36-10-6-3-7-11-36)25-39(49-41)33-18-16-32(27-44)17-19-33/h2-23,35,38-39,41,43-44H,24-28H2,1H3,(H,42,45)/t35-,38-,39+,41+/m1/s1. The van der Waals surface area contributed by atoms with Crippen molar-refractivity contribution in [3.05, 3.63) is 167 Å². The summed E-state index contributed by atoms with van der Waals surface area (Å²) in [6.45, 7) is 2.08. The van der Waals surface area contributed by atoms with Gasteiger partial charge in [0.1, 0.15) is 6.04 Å². The van der Waals surface area contributed by atoms with Crippen LogP contribution in [0.25, 0.3) is 0 Å². The zero-order valence-corrected chi connectivity index (χ0v) is 30.0. The first-order chi connectivity index (χ1) is 24.8. The van der Waals surface area contributed by atoms with Gasteiger partial charge in [0, 0.05) is 29.2 Å². The van der Waals surface area contributed by atoms with E-state index in [1.54, 1.807) is 23.9 Å². The van der Waals surface area contributed by atoms with Crippen molar-refractivity contribution in [1.82, 2.24) is 10.0 Å². The van der Waals surface area contributed by atoms with Crippen LogP contribution in [0, 0.1) is 6.92 Å². The van der Waals surface area contributed by atoms with Gasteiger partial charge in [0.25, 0.3) is 0 Å². The third-order valence-electron chi connectivity index (χ3n) is 8.74. The SMILES string of the molecule is Cc1ccc(S(=O)(=O)N[C@H](Cc2ccccc2)C(=O)NCc2ccc([C@H]3O[C@@H](CSc4ccccc4)C[C@@H](c4ccc(CO)cc4)O3)cc2)cc1. The largest absolute Gasteiger partial charge is 0.392 e. The van der Waals surface area contributed by atoms with Crippen molar-refractivity contribution >= 4 is 27.7 Å². The number of aryl methyl sites for hydroxylation is 1. The van der Waals surface area contributed by atoms with Crippen LogP contribution in [-0.2, 0) is 43.9 Å². The average molecular weight is 723 g/mol. The fourth-order valence-electron chi connectivity index (χ4n) is 5.84. The molecule has 4 atom stereocenters. The Labute approximate surface area is 304 Å². The molecule has 3 N–H and O–H groups in total. The van der Waals surface area contributed by atoms with E-state index in [0.717, 1.165) is 39.1 Å². The summed E-state index contributed by atoms with van der Waals surface area (Å²) in [7, 11) is -3.95. The van der Waals surface area contributed by atoms with E-state index in [2.05, 4.69) is 22.2 Å². The highest BCUT2D eigenvalue weighted by Gasteiger charge is 2.32. The highest BCUT2D eigenvalue weighted by Crippen LogP contribution is 2.39. The average Bonchev–Trinajstić information content (AvgIpc) is 3.17. The van der Waals surface area contributed by atoms with Crippen LogP contribution in [0.4, 0.5) is 0 Å². The Hall–Kier alpha value is -4.29. The number of hydrogen-bond donors (Lipinski definition) is 3. The van der Waals surface area contributed by atoms with Crippen molar-refractivity contribution in [3.8, 4) is 0 Å². The van der Waals surface area contributed by atoms with E-state index in [9.17, 15) is 18.3 Å². The van der Waals surface area contributed by atoms with Crippen LogP contribution in [0.15, 0.2) is 143 Å². The van der Waals surface area contributed by atoms with Crippen LogP contribution in [0.1, 0.15) is 52.2 Å². The summed E-state index contributed by atoms with van der Waals surface area (Å²) in [5, 5.41) is 12.4. The molecule has 1 fully saturated rings. The molecule has 8 nitrogen and oxygen atoms in total. The minimum Gasteiger partial charge on any atom is -0.392 e. The normalized spacial score (nSPS) is 18.2. The summed E-state index contributed by atoms with van der Waals surface area (Å²) >= 11 is 1.75. The topological polar surface area (TPSA) is 114 Å². The fourth-order valence-corrected chi connectivity index (χ4v) is 7.98. The Morgan fingerprint density at radius 2 is 1.41 bits per heavy atom. The molecule has 0 bridgehead atoms. The van der Waals surface area contributed by atoms with Crippen molar-refractivity contribution in [2.24, 2.45) is 0 Å². The second kappa shape index (κ2) is 17.3. The minimum atomic E-state index is -3.95. The molecular formula is C41H42N2O6S2. The number of aliphatic hydroxyl groups excluding tert-OH is 1. The summed E-state index contributed by atoms with van der Waals surface area (Å²) in [4.78, 5) is 14.8. The molecule has 51 heavy (non-hydrogen) atoms. The Bertz CT molecular complexity index is 1960. The Balaban J connectivity index is 1.13. The molecule has 10 heteroatoms. The lowest BCUT2D eigenvalue weighted by atomic mass is 10.0. The second-order valence-corrected chi connectivity index (χ2v) is 15.4. The van der Waals surface area contributed by atoms with Gasteiger partial charge in [-0.3, -0.25) is 4.79 Å². The quantitative estimate of drug-likeness (QED) is 0.106. The lowest BCUT2D eigenvalue weighted by Gasteiger charge is -2.36. The molecule has 1 heterocycles. The monoisotopic (exact) mass is 722 g/mol. The molecule has 1 aliphatic heterocycles. The molecule has 0 radical (unpaired) electrons. The Kier molecular flexibility index (Phi) is 12.4. The van der Waals surface area contributed by atoms with Gasteiger partial charge in [0.15, 0.2) is 6.29 Å². The maximum Gasteiger partial charge on any atom is 0.241 e. The number of nitrogens with one attached hydrogen (secondary N) is 2. The molecule has 0 unspecified atom stereocenters.